The molecule has 0 aliphatic carbocycles. The van der Waals surface area contributed by atoms with Gasteiger partial charge in [0.2, 0.25) is 0 Å². The summed E-state index contributed by atoms with van der Waals surface area (Å²) in [4.78, 5) is 29.7. The zero-order valence-corrected chi connectivity index (χ0v) is 24.4. The Bertz CT molecular complexity index is 1480. The summed E-state index contributed by atoms with van der Waals surface area (Å²) in [5, 5.41) is 7.02. The number of hydrazone groups is 1. The molecule has 2 amide bonds. The van der Waals surface area contributed by atoms with Crippen LogP contribution in [-0.4, -0.2) is 55.7 Å². The molecular formula is C35H37N5O3. The molecule has 1 atom stereocenters. The molecule has 0 bridgehead atoms. The second-order valence-electron chi connectivity index (χ2n) is 10.6. The zero-order chi connectivity index (χ0) is 29.9. The van der Waals surface area contributed by atoms with Crippen molar-refractivity contribution in [2.24, 2.45) is 5.10 Å². The highest BCUT2D eigenvalue weighted by Gasteiger charge is 2.17. The van der Waals surface area contributed by atoms with Crippen molar-refractivity contribution in [3.8, 4) is 5.75 Å². The topological polar surface area (TPSA) is 86.3 Å². The van der Waals surface area contributed by atoms with E-state index in [2.05, 4.69) is 49.9 Å². The Morgan fingerprint density at radius 1 is 0.837 bits per heavy atom. The van der Waals surface area contributed by atoms with Gasteiger partial charge in [0.25, 0.3) is 11.8 Å². The van der Waals surface area contributed by atoms with Crippen molar-refractivity contribution >= 4 is 23.7 Å². The molecule has 1 aliphatic rings. The third-order valence-electron chi connectivity index (χ3n) is 7.42. The van der Waals surface area contributed by atoms with Crippen LogP contribution in [-0.2, 0) is 11.3 Å². The Balaban J connectivity index is 1.02. The molecule has 5 rings (SSSR count). The predicted octanol–water partition coefficient (Wildman–Crippen LogP) is 5.03. The van der Waals surface area contributed by atoms with E-state index in [9.17, 15) is 9.59 Å². The number of hydrogen-bond acceptors (Lipinski definition) is 6. The van der Waals surface area contributed by atoms with E-state index in [-0.39, 0.29) is 24.5 Å². The van der Waals surface area contributed by atoms with Gasteiger partial charge in [0.1, 0.15) is 5.75 Å². The van der Waals surface area contributed by atoms with Crippen LogP contribution in [0, 0.1) is 0 Å². The van der Waals surface area contributed by atoms with Gasteiger partial charge in [0.05, 0.1) is 12.3 Å². The number of anilines is 1. The van der Waals surface area contributed by atoms with Gasteiger partial charge in [-0.15, -0.1) is 0 Å². The van der Waals surface area contributed by atoms with Gasteiger partial charge in [-0.3, -0.25) is 14.5 Å². The molecule has 0 saturated carbocycles. The third kappa shape index (κ3) is 8.77. The molecule has 1 saturated heterocycles. The smallest absolute Gasteiger partial charge is 0.271 e. The van der Waals surface area contributed by atoms with Crippen LogP contribution in [0.25, 0.3) is 0 Å². The number of carbonyl (C=O) groups is 2. The van der Waals surface area contributed by atoms with Gasteiger partial charge in [0.15, 0.2) is 6.61 Å². The Labute approximate surface area is 253 Å². The first kappa shape index (κ1) is 29.5. The van der Waals surface area contributed by atoms with Crippen LogP contribution in [0.4, 0.5) is 5.69 Å². The number of nitrogens with zero attached hydrogens (tertiary/aromatic N) is 3. The van der Waals surface area contributed by atoms with Crippen LogP contribution in [0.1, 0.15) is 40.0 Å². The van der Waals surface area contributed by atoms with Crippen molar-refractivity contribution in [1.82, 2.24) is 15.6 Å². The summed E-state index contributed by atoms with van der Waals surface area (Å²) in [5.74, 6) is 0.108. The molecule has 1 fully saturated rings. The van der Waals surface area contributed by atoms with Crippen LogP contribution in [0.3, 0.4) is 0 Å². The van der Waals surface area contributed by atoms with E-state index < -0.39 is 0 Å². The van der Waals surface area contributed by atoms with Crippen molar-refractivity contribution in [1.29, 1.82) is 0 Å². The van der Waals surface area contributed by atoms with Gasteiger partial charge in [-0.05, 0) is 72.1 Å². The Morgan fingerprint density at radius 2 is 1.49 bits per heavy atom. The number of carbonyl (C=O) groups excluding carboxylic acids is 2. The summed E-state index contributed by atoms with van der Waals surface area (Å²) >= 11 is 0. The average molecular weight is 576 g/mol. The van der Waals surface area contributed by atoms with E-state index in [1.807, 2.05) is 79.7 Å². The standard InChI is InChI=1S/C35H37N5O3/c1-27(30-8-4-2-5-9-30)37-34(41)26-43-33-18-14-28(15-19-33)24-36-38-35(42)31-16-12-29(13-17-31)25-39-20-22-40(23-21-39)32-10-6-3-7-11-32/h2-19,24,27H,20-23,25-26H2,1H3,(H,37,41)(H,38,42)/b36-24-/t27-/m1/s1. The molecule has 1 aliphatic heterocycles. The van der Waals surface area contributed by atoms with E-state index in [0.29, 0.717) is 11.3 Å². The molecule has 4 aromatic rings. The molecule has 8 nitrogen and oxygen atoms in total. The monoisotopic (exact) mass is 575 g/mol. The van der Waals surface area contributed by atoms with E-state index >= 15 is 0 Å². The van der Waals surface area contributed by atoms with Gasteiger partial charge in [-0.1, -0.05) is 60.7 Å². The second kappa shape index (κ2) is 14.8. The number of piperazine rings is 1. The molecule has 0 radical (unpaired) electrons. The van der Waals surface area contributed by atoms with Gasteiger partial charge in [0, 0.05) is 44.0 Å². The third-order valence-corrected chi connectivity index (χ3v) is 7.42. The number of hydrogen-bond donors (Lipinski definition) is 2. The van der Waals surface area contributed by atoms with Gasteiger partial charge < -0.3 is 15.0 Å². The second-order valence-corrected chi connectivity index (χ2v) is 10.6. The highest BCUT2D eigenvalue weighted by atomic mass is 16.5. The summed E-state index contributed by atoms with van der Waals surface area (Å²) < 4.78 is 5.61. The van der Waals surface area contributed by atoms with Crippen LogP contribution >= 0.6 is 0 Å². The van der Waals surface area contributed by atoms with Crippen LogP contribution in [0.15, 0.2) is 114 Å². The van der Waals surface area contributed by atoms with Gasteiger partial charge >= 0.3 is 0 Å². The molecule has 220 valence electrons. The maximum absolute atomic E-state index is 12.6. The fourth-order valence-electron chi connectivity index (χ4n) is 4.96. The van der Waals surface area contributed by atoms with Crippen LogP contribution in [0.2, 0.25) is 0 Å². The normalized spacial score (nSPS) is 14.3. The largest absolute Gasteiger partial charge is 0.484 e. The fourth-order valence-corrected chi connectivity index (χ4v) is 4.96. The van der Waals surface area contributed by atoms with E-state index in [1.54, 1.807) is 18.3 Å². The molecule has 4 aromatic carbocycles. The lowest BCUT2D eigenvalue weighted by atomic mass is 10.1. The summed E-state index contributed by atoms with van der Waals surface area (Å²) in [6.45, 7) is 6.73. The predicted molar refractivity (Wildman–Crippen MR) is 170 cm³/mol. The van der Waals surface area contributed by atoms with Crippen molar-refractivity contribution in [3.05, 3.63) is 131 Å². The first-order valence-corrected chi connectivity index (χ1v) is 14.6. The lowest BCUT2D eigenvalue weighted by Gasteiger charge is -2.36. The minimum Gasteiger partial charge on any atom is -0.484 e. The summed E-state index contributed by atoms with van der Waals surface area (Å²) in [6.07, 6.45) is 1.57. The van der Waals surface area contributed by atoms with Crippen LogP contribution in [0.5, 0.6) is 5.75 Å². The Morgan fingerprint density at radius 3 is 2.16 bits per heavy atom. The Kier molecular flexibility index (Phi) is 10.2. The first-order valence-electron chi connectivity index (χ1n) is 14.6. The molecule has 2 N–H and O–H groups in total. The molecular weight excluding hydrogens is 538 g/mol. The number of benzene rings is 4. The number of para-hydroxylation sites is 1. The molecule has 0 spiro atoms. The van der Waals surface area contributed by atoms with Crippen molar-refractivity contribution in [2.75, 3.05) is 37.7 Å². The number of amides is 2. The molecule has 0 aromatic heterocycles. The molecule has 1 heterocycles. The lowest BCUT2D eigenvalue weighted by molar-refractivity contribution is -0.123. The van der Waals surface area contributed by atoms with E-state index in [1.165, 1.54) is 11.3 Å². The quantitative estimate of drug-likeness (QED) is 0.194. The molecule has 8 heteroatoms. The highest BCUT2D eigenvalue weighted by Crippen LogP contribution is 2.17. The SMILES string of the molecule is C[C@@H](NC(=O)COc1ccc(/C=N\NC(=O)c2ccc(CN3CCN(c4ccccc4)CC3)cc2)cc1)c1ccccc1. The molecule has 43 heavy (non-hydrogen) atoms. The summed E-state index contributed by atoms with van der Waals surface area (Å²) in [7, 11) is 0. The number of rotatable bonds is 11. The van der Waals surface area contributed by atoms with Gasteiger partial charge in [-0.25, -0.2) is 5.43 Å². The molecule has 0 unspecified atom stereocenters. The minimum absolute atomic E-state index is 0.0790. The minimum atomic E-state index is -0.269. The fraction of sp³-hybridized carbons (Fsp3) is 0.229. The van der Waals surface area contributed by atoms with E-state index in [4.69, 9.17) is 4.74 Å². The maximum atomic E-state index is 12.6. The lowest BCUT2D eigenvalue weighted by Crippen LogP contribution is -2.45. The van der Waals surface area contributed by atoms with E-state index in [0.717, 1.165) is 43.9 Å². The zero-order valence-electron chi connectivity index (χ0n) is 24.4. The maximum Gasteiger partial charge on any atom is 0.271 e. The summed E-state index contributed by atoms with van der Waals surface area (Å²) in [6, 6.07) is 35.0. The van der Waals surface area contributed by atoms with Crippen molar-refractivity contribution in [2.45, 2.75) is 19.5 Å². The first-order chi connectivity index (χ1) is 21.0. The highest BCUT2D eigenvalue weighted by molar-refractivity contribution is 5.94. The number of nitrogens with one attached hydrogen (secondary N) is 2. The van der Waals surface area contributed by atoms with Crippen molar-refractivity contribution < 1.29 is 14.3 Å². The van der Waals surface area contributed by atoms with Crippen molar-refractivity contribution in [3.63, 3.8) is 0 Å². The van der Waals surface area contributed by atoms with Gasteiger partial charge in [-0.2, -0.15) is 5.10 Å². The van der Waals surface area contributed by atoms with Crippen LogP contribution < -0.4 is 20.4 Å². The summed E-state index contributed by atoms with van der Waals surface area (Å²) in [5.41, 5.74) is 7.42. The average Bonchev–Trinajstić information content (AvgIpc) is 3.06. The Hall–Kier alpha value is -4.95. The number of ether oxygens (including phenoxy) is 1.